The lowest BCUT2D eigenvalue weighted by atomic mass is 9.95. The first-order valence-corrected chi connectivity index (χ1v) is 9.12. The Balaban J connectivity index is 2.05. The first-order valence-electron chi connectivity index (χ1n) is 9.12. The smallest absolute Gasteiger partial charge is 0.492 e. The van der Waals surface area contributed by atoms with Gasteiger partial charge in [-0.1, -0.05) is 25.3 Å². The van der Waals surface area contributed by atoms with Gasteiger partial charge in [-0.25, -0.2) is 4.79 Å². The summed E-state index contributed by atoms with van der Waals surface area (Å²) in [6.45, 7) is 7.01. The van der Waals surface area contributed by atoms with Crippen LogP contribution in [0.2, 0.25) is 0 Å². The van der Waals surface area contributed by atoms with Crippen LogP contribution in [-0.4, -0.2) is 24.8 Å². The summed E-state index contributed by atoms with van der Waals surface area (Å²) >= 11 is 0. The second-order valence-corrected chi connectivity index (χ2v) is 6.43. The minimum Gasteiger partial charge on any atom is -0.492 e. The number of fused-ring (bicyclic) bond motifs is 1. The van der Waals surface area contributed by atoms with E-state index in [0.717, 1.165) is 17.7 Å². The number of ether oxygens (including phenoxy) is 3. The number of esters is 1. The number of amides is 1. The van der Waals surface area contributed by atoms with Gasteiger partial charge in [0.25, 0.3) is 0 Å². The molecule has 162 valence electrons. The number of halogens is 3. The molecule has 1 aliphatic rings. The van der Waals surface area contributed by atoms with Gasteiger partial charge in [-0.2, -0.15) is 0 Å². The zero-order valence-electron chi connectivity index (χ0n) is 16.3. The summed E-state index contributed by atoms with van der Waals surface area (Å²) in [4.78, 5) is 23.5. The number of carbonyl (C=O) groups excluding carboxylic acids is 2. The molecule has 0 saturated carbocycles. The van der Waals surface area contributed by atoms with Crippen LogP contribution in [-0.2, 0) is 27.4 Å². The SMILES string of the molecule is C=CC(=O)Nc1cc(-c2ccc(OC(F)(F)F)cc2)c2c(c1COC(=O)C=C)CCO2. The molecule has 0 bridgehead atoms. The molecule has 0 radical (unpaired) electrons. The van der Waals surface area contributed by atoms with Crippen LogP contribution in [0.25, 0.3) is 11.1 Å². The highest BCUT2D eigenvalue weighted by molar-refractivity contribution is 6.00. The van der Waals surface area contributed by atoms with Crippen molar-refractivity contribution in [3.8, 4) is 22.6 Å². The van der Waals surface area contributed by atoms with Crippen molar-refractivity contribution in [3.05, 3.63) is 66.8 Å². The number of anilines is 1. The Morgan fingerprint density at radius 2 is 1.87 bits per heavy atom. The average Bonchev–Trinajstić information content (AvgIpc) is 3.21. The molecule has 2 aromatic carbocycles. The van der Waals surface area contributed by atoms with Gasteiger partial charge in [-0.3, -0.25) is 4.79 Å². The number of alkyl halides is 3. The molecule has 31 heavy (non-hydrogen) atoms. The first-order chi connectivity index (χ1) is 14.7. The van der Waals surface area contributed by atoms with E-state index in [2.05, 4.69) is 23.2 Å². The summed E-state index contributed by atoms with van der Waals surface area (Å²) in [6, 6.07) is 6.89. The lowest BCUT2D eigenvalue weighted by Crippen LogP contribution is -2.16. The monoisotopic (exact) mass is 433 g/mol. The van der Waals surface area contributed by atoms with E-state index in [4.69, 9.17) is 9.47 Å². The normalized spacial score (nSPS) is 12.4. The standard InChI is InChI=1S/C22H18F3NO5/c1-3-19(27)26-18-11-16(13-5-7-14(8-6-13)31-22(23,24)25)21-15(9-10-29-21)17(18)12-30-20(28)4-2/h3-8,11H,1-2,9-10,12H2,(H,26,27). The van der Waals surface area contributed by atoms with Crippen LogP contribution in [0.15, 0.2) is 55.6 Å². The van der Waals surface area contributed by atoms with Crippen molar-refractivity contribution in [2.75, 3.05) is 11.9 Å². The van der Waals surface area contributed by atoms with Crippen molar-refractivity contribution in [2.24, 2.45) is 0 Å². The summed E-state index contributed by atoms with van der Waals surface area (Å²) in [7, 11) is 0. The van der Waals surface area contributed by atoms with E-state index >= 15 is 0 Å². The molecule has 0 unspecified atom stereocenters. The predicted molar refractivity (Wildman–Crippen MR) is 107 cm³/mol. The minimum absolute atomic E-state index is 0.123. The fourth-order valence-electron chi connectivity index (χ4n) is 3.16. The summed E-state index contributed by atoms with van der Waals surface area (Å²) in [5, 5.41) is 2.68. The third kappa shape index (κ3) is 5.25. The number of carbonyl (C=O) groups is 2. The second-order valence-electron chi connectivity index (χ2n) is 6.43. The van der Waals surface area contributed by atoms with Gasteiger partial charge < -0.3 is 19.5 Å². The molecular weight excluding hydrogens is 415 g/mol. The van der Waals surface area contributed by atoms with E-state index in [9.17, 15) is 22.8 Å². The van der Waals surface area contributed by atoms with E-state index in [1.165, 1.54) is 24.3 Å². The first kappa shape index (κ1) is 21.9. The molecule has 1 aliphatic heterocycles. The van der Waals surface area contributed by atoms with E-state index in [0.29, 0.717) is 41.2 Å². The molecule has 1 amide bonds. The fraction of sp³-hybridized carbons (Fsp3) is 0.182. The molecule has 0 saturated heterocycles. The maximum absolute atomic E-state index is 12.4. The molecule has 3 rings (SSSR count). The molecule has 2 aromatic rings. The second kappa shape index (κ2) is 8.95. The van der Waals surface area contributed by atoms with Gasteiger partial charge in [0.2, 0.25) is 5.91 Å². The number of benzene rings is 2. The van der Waals surface area contributed by atoms with Gasteiger partial charge in [0.15, 0.2) is 0 Å². The van der Waals surface area contributed by atoms with Crippen molar-refractivity contribution >= 4 is 17.6 Å². The molecule has 0 spiro atoms. The summed E-state index contributed by atoms with van der Waals surface area (Å²) in [6.07, 6.45) is -2.18. The Morgan fingerprint density at radius 3 is 2.48 bits per heavy atom. The van der Waals surface area contributed by atoms with Crippen LogP contribution in [0.1, 0.15) is 11.1 Å². The van der Waals surface area contributed by atoms with E-state index in [1.54, 1.807) is 6.07 Å². The van der Waals surface area contributed by atoms with E-state index in [1.807, 2.05) is 0 Å². The van der Waals surface area contributed by atoms with E-state index in [-0.39, 0.29) is 12.4 Å². The quantitative estimate of drug-likeness (QED) is 0.513. The Bertz CT molecular complexity index is 1030. The Hall–Kier alpha value is -3.75. The maximum Gasteiger partial charge on any atom is 0.573 e. The highest BCUT2D eigenvalue weighted by atomic mass is 19.4. The molecule has 1 N–H and O–H groups in total. The van der Waals surface area contributed by atoms with Gasteiger partial charge in [0.1, 0.15) is 18.1 Å². The summed E-state index contributed by atoms with van der Waals surface area (Å²) in [5.74, 6) is -0.958. The topological polar surface area (TPSA) is 73.9 Å². The van der Waals surface area contributed by atoms with Crippen LogP contribution in [0.4, 0.5) is 18.9 Å². The highest BCUT2D eigenvalue weighted by Gasteiger charge is 2.31. The predicted octanol–water partition coefficient (Wildman–Crippen LogP) is 4.54. The largest absolute Gasteiger partial charge is 0.573 e. The van der Waals surface area contributed by atoms with Crippen molar-refractivity contribution in [1.82, 2.24) is 0 Å². The number of rotatable bonds is 7. The zero-order chi connectivity index (χ0) is 22.6. The molecule has 1 heterocycles. The van der Waals surface area contributed by atoms with Crippen LogP contribution >= 0.6 is 0 Å². The molecule has 0 atom stereocenters. The molecule has 9 heteroatoms. The fourth-order valence-corrected chi connectivity index (χ4v) is 3.16. The maximum atomic E-state index is 12.4. The summed E-state index contributed by atoms with van der Waals surface area (Å²) in [5.41, 5.74) is 2.76. The van der Waals surface area contributed by atoms with Gasteiger partial charge in [-0.05, 0) is 29.8 Å². The number of hydrogen-bond acceptors (Lipinski definition) is 5. The third-order valence-electron chi connectivity index (χ3n) is 4.46. The van der Waals surface area contributed by atoms with Crippen molar-refractivity contribution in [2.45, 2.75) is 19.4 Å². The Morgan fingerprint density at radius 1 is 1.16 bits per heavy atom. The highest BCUT2D eigenvalue weighted by Crippen LogP contribution is 2.43. The lowest BCUT2D eigenvalue weighted by molar-refractivity contribution is -0.274. The number of hydrogen-bond donors (Lipinski definition) is 1. The van der Waals surface area contributed by atoms with Gasteiger partial charge in [0, 0.05) is 34.9 Å². The third-order valence-corrected chi connectivity index (χ3v) is 4.46. The van der Waals surface area contributed by atoms with Crippen LogP contribution in [0, 0.1) is 0 Å². The Kier molecular flexibility index (Phi) is 6.33. The van der Waals surface area contributed by atoms with Crippen molar-refractivity contribution in [1.29, 1.82) is 0 Å². The number of nitrogens with one attached hydrogen (secondary N) is 1. The average molecular weight is 433 g/mol. The van der Waals surface area contributed by atoms with Crippen LogP contribution in [0.3, 0.4) is 0 Å². The van der Waals surface area contributed by atoms with E-state index < -0.39 is 18.2 Å². The minimum atomic E-state index is -4.79. The molecule has 0 fully saturated rings. The van der Waals surface area contributed by atoms with Crippen molar-refractivity contribution in [3.63, 3.8) is 0 Å². The van der Waals surface area contributed by atoms with Gasteiger partial charge in [0.05, 0.1) is 6.61 Å². The van der Waals surface area contributed by atoms with Gasteiger partial charge in [-0.15, -0.1) is 13.2 Å². The summed E-state index contributed by atoms with van der Waals surface area (Å²) < 4.78 is 52.1. The lowest BCUT2D eigenvalue weighted by Gasteiger charge is -2.18. The molecule has 0 aliphatic carbocycles. The van der Waals surface area contributed by atoms with Gasteiger partial charge >= 0.3 is 12.3 Å². The van der Waals surface area contributed by atoms with Crippen LogP contribution in [0.5, 0.6) is 11.5 Å². The zero-order valence-corrected chi connectivity index (χ0v) is 16.3. The molecule has 6 nitrogen and oxygen atoms in total. The van der Waals surface area contributed by atoms with Crippen LogP contribution < -0.4 is 14.8 Å². The molecule has 0 aromatic heterocycles. The van der Waals surface area contributed by atoms with Crippen molar-refractivity contribution < 1.29 is 37.0 Å². The Labute approximate surface area is 175 Å². The molecular formula is C22H18F3NO5.